The Morgan fingerprint density at radius 3 is 2.82 bits per heavy atom. The van der Waals surface area contributed by atoms with Crippen molar-refractivity contribution < 1.29 is 5.11 Å². The van der Waals surface area contributed by atoms with Gasteiger partial charge in [0.25, 0.3) is 0 Å². The van der Waals surface area contributed by atoms with Crippen LogP contribution in [0.25, 0.3) is 0 Å². The summed E-state index contributed by atoms with van der Waals surface area (Å²) in [5, 5.41) is 9.07. The van der Waals surface area contributed by atoms with Crippen molar-refractivity contribution in [3.8, 4) is 0 Å². The predicted octanol–water partition coefficient (Wildman–Crippen LogP) is 2.59. The van der Waals surface area contributed by atoms with Crippen LogP contribution in [0.2, 0.25) is 0 Å². The molecule has 1 aliphatic rings. The molecule has 60 valence electrons. The van der Waals surface area contributed by atoms with Gasteiger partial charge in [0.15, 0.2) is 0 Å². The third kappa shape index (κ3) is 1.93. The Hall–Kier alpha value is -1.05. The molecule has 0 aromatic rings. The van der Waals surface area contributed by atoms with Gasteiger partial charge in [0.05, 0.1) is 0 Å². The van der Waals surface area contributed by atoms with E-state index in [0.29, 0.717) is 0 Å². The molecule has 1 fully saturated rings. The third-order valence-electron chi connectivity index (χ3n) is 1.81. The van der Waals surface area contributed by atoms with E-state index in [-0.39, 0.29) is 5.88 Å². The maximum Gasteiger partial charge on any atom is 0.206 e. The largest absolute Gasteiger partial charge is 0.493 e. The molecule has 11 heavy (non-hydrogen) atoms. The zero-order valence-electron chi connectivity index (χ0n) is 6.80. The number of aliphatic hydroxyl groups is 1. The van der Waals surface area contributed by atoms with Crippen LogP contribution in [-0.4, -0.2) is 10.8 Å². The molecule has 0 unspecified atom stereocenters. The SMILES string of the molecule is C=C1CCC/C1=N/C(O)=C\C. The van der Waals surface area contributed by atoms with Crippen molar-refractivity contribution >= 4 is 5.71 Å². The Morgan fingerprint density at radius 1 is 1.64 bits per heavy atom. The Labute approximate surface area is 67.0 Å². The van der Waals surface area contributed by atoms with Gasteiger partial charge in [-0.1, -0.05) is 6.58 Å². The second-order valence-electron chi connectivity index (χ2n) is 2.66. The average Bonchev–Trinajstić information content (AvgIpc) is 2.37. The number of hydrogen-bond acceptors (Lipinski definition) is 2. The molecule has 0 saturated heterocycles. The van der Waals surface area contributed by atoms with Gasteiger partial charge in [0.2, 0.25) is 5.88 Å². The lowest BCUT2D eigenvalue weighted by Gasteiger charge is -1.95. The van der Waals surface area contributed by atoms with Crippen molar-refractivity contribution in [3.63, 3.8) is 0 Å². The number of aliphatic imine (C=N–C) groups is 1. The minimum atomic E-state index is 0.100. The van der Waals surface area contributed by atoms with E-state index in [1.165, 1.54) is 0 Å². The normalized spacial score (nSPS) is 23.2. The maximum atomic E-state index is 9.07. The molecule has 0 spiro atoms. The molecule has 1 aliphatic carbocycles. The van der Waals surface area contributed by atoms with Gasteiger partial charge in [0.1, 0.15) is 0 Å². The van der Waals surface area contributed by atoms with E-state index in [0.717, 1.165) is 30.5 Å². The molecule has 1 N–H and O–H groups in total. The van der Waals surface area contributed by atoms with Crippen LogP contribution in [0, 0.1) is 0 Å². The molecule has 0 atom stereocenters. The van der Waals surface area contributed by atoms with E-state index in [4.69, 9.17) is 5.11 Å². The highest BCUT2D eigenvalue weighted by molar-refractivity contribution is 6.01. The van der Waals surface area contributed by atoms with Crippen molar-refractivity contribution in [3.05, 3.63) is 24.1 Å². The van der Waals surface area contributed by atoms with Crippen LogP contribution in [0.3, 0.4) is 0 Å². The molecule has 0 aliphatic heterocycles. The van der Waals surface area contributed by atoms with Crippen molar-refractivity contribution in [2.45, 2.75) is 26.2 Å². The monoisotopic (exact) mass is 151 g/mol. The van der Waals surface area contributed by atoms with E-state index in [2.05, 4.69) is 11.6 Å². The average molecular weight is 151 g/mol. The summed E-state index contributed by atoms with van der Waals surface area (Å²) in [7, 11) is 0. The summed E-state index contributed by atoms with van der Waals surface area (Å²) in [5.41, 5.74) is 2.03. The second-order valence-corrected chi connectivity index (χ2v) is 2.66. The van der Waals surface area contributed by atoms with Crippen LogP contribution in [-0.2, 0) is 0 Å². The molecule has 2 nitrogen and oxygen atoms in total. The molecule has 2 heteroatoms. The highest BCUT2D eigenvalue weighted by Crippen LogP contribution is 2.20. The van der Waals surface area contributed by atoms with Crippen LogP contribution in [0.1, 0.15) is 26.2 Å². The van der Waals surface area contributed by atoms with E-state index in [1.54, 1.807) is 13.0 Å². The van der Waals surface area contributed by atoms with Crippen molar-refractivity contribution in [2.75, 3.05) is 0 Å². The summed E-state index contributed by atoms with van der Waals surface area (Å²) in [6, 6.07) is 0. The van der Waals surface area contributed by atoms with Crippen molar-refractivity contribution in [1.82, 2.24) is 0 Å². The first-order valence-corrected chi connectivity index (χ1v) is 3.85. The minimum Gasteiger partial charge on any atom is -0.493 e. The third-order valence-corrected chi connectivity index (χ3v) is 1.81. The number of nitrogens with zero attached hydrogens (tertiary/aromatic N) is 1. The van der Waals surface area contributed by atoms with Crippen LogP contribution < -0.4 is 0 Å². The Morgan fingerprint density at radius 2 is 2.36 bits per heavy atom. The molecule has 0 bridgehead atoms. The topological polar surface area (TPSA) is 32.6 Å². The van der Waals surface area contributed by atoms with Gasteiger partial charge < -0.3 is 5.11 Å². The standard InChI is InChI=1S/C9H13NO/c1-3-9(11)10-8-6-4-5-7(8)2/h3,11H,2,4-6H2,1H3/b9-3+,10-8-. The Balaban J connectivity index is 2.73. The van der Waals surface area contributed by atoms with E-state index in [9.17, 15) is 0 Å². The highest BCUT2D eigenvalue weighted by atomic mass is 16.3. The van der Waals surface area contributed by atoms with E-state index >= 15 is 0 Å². The van der Waals surface area contributed by atoms with Gasteiger partial charge in [-0.25, -0.2) is 4.99 Å². The van der Waals surface area contributed by atoms with E-state index in [1.807, 2.05) is 0 Å². The predicted molar refractivity (Wildman–Crippen MR) is 46.8 cm³/mol. The zero-order valence-corrected chi connectivity index (χ0v) is 6.80. The fourth-order valence-corrected chi connectivity index (χ4v) is 1.13. The fourth-order valence-electron chi connectivity index (χ4n) is 1.13. The molecule has 0 amide bonds. The molecular formula is C9H13NO. The minimum absolute atomic E-state index is 0.100. The lowest BCUT2D eigenvalue weighted by atomic mass is 10.2. The summed E-state index contributed by atoms with van der Waals surface area (Å²) in [6.07, 6.45) is 4.68. The molecular weight excluding hydrogens is 138 g/mol. The van der Waals surface area contributed by atoms with Crippen molar-refractivity contribution in [1.29, 1.82) is 0 Å². The van der Waals surface area contributed by atoms with Gasteiger partial charge in [-0.15, -0.1) is 0 Å². The number of hydrogen-bond donors (Lipinski definition) is 1. The van der Waals surface area contributed by atoms with Gasteiger partial charge >= 0.3 is 0 Å². The molecule has 0 radical (unpaired) electrons. The fraction of sp³-hybridized carbons (Fsp3) is 0.444. The van der Waals surface area contributed by atoms with E-state index < -0.39 is 0 Å². The van der Waals surface area contributed by atoms with Gasteiger partial charge in [-0.3, -0.25) is 0 Å². The first kappa shape index (κ1) is 8.05. The highest BCUT2D eigenvalue weighted by Gasteiger charge is 2.12. The molecule has 1 saturated carbocycles. The van der Waals surface area contributed by atoms with Gasteiger partial charge in [0, 0.05) is 5.71 Å². The smallest absolute Gasteiger partial charge is 0.206 e. The summed E-state index contributed by atoms with van der Waals surface area (Å²) in [6.45, 7) is 5.61. The maximum absolute atomic E-state index is 9.07. The first-order chi connectivity index (χ1) is 5.24. The van der Waals surface area contributed by atoms with Gasteiger partial charge in [-0.05, 0) is 37.8 Å². The van der Waals surface area contributed by atoms with Crippen LogP contribution in [0.4, 0.5) is 0 Å². The van der Waals surface area contributed by atoms with Crippen LogP contribution in [0.5, 0.6) is 0 Å². The summed E-state index contributed by atoms with van der Waals surface area (Å²) < 4.78 is 0. The summed E-state index contributed by atoms with van der Waals surface area (Å²) in [4.78, 5) is 4.01. The summed E-state index contributed by atoms with van der Waals surface area (Å²) >= 11 is 0. The lowest BCUT2D eigenvalue weighted by molar-refractivity contribution is 0.405. The number of rotatable bonds is 1. The van der Waals surface area contributed by atoms with Crippen LogP contribution in [0.15, 0.2) is 29.1 Å². The number of allylic oxidation sites excluding steroid dienone is 2. The zero-order chi connectivity index (χ0) is 8.27. The Bertz CT molecular complexity index is 226. The molecule has 0 heterocycles. The quantitative estimate of drug-likeness (QED) is 0.574. The lowest BCUT2D eigenvalue weighted by Crippen LogP contribution is -1.92. The second kappa shape index (κ2) is 3.37. The molecule has 0 aromatic heterocycles. The summed E-state index contributed by atoms with van der Waals surface area (Å²) in [5.74, 6) is 0.100. The first-order valence-electron chi connectivity index (χ1n) is 3.85. The Kier molecular flexibility index (Phi) is 2.47. The number of aliphatic hydroxyl groups excluding tert-OH is 1. The molecule has 0 aromatic carbocycles. The van der Waals surface area contributed by atoms with Gasteiger partial charge in [-0.2, -0.15) is 0 Å². The van der Waals surface area contributed by atoms with Crippen molar-refractivity contribution in [2.24, 2.45) is 4.99 Å². The molecule has 1 rings (SSSR count). The van der Waals surface area contributed by atoms with Crippen LogP contribution >= 0.6 is 0 Å².